The lowest BCUT2D eigenvalue weighted by atomic mass is 10.1. The second kappa shape index (κ2) is 13.8. The summed E-state index contributed by atoms with van der Waals surface area (Å²) in [6, 6.07) is 32.5. The number of thioether (sulfide) groups is 1. The molecule has 0 bridgehead atoms. The third kappa shape index (κ3) is 6.80. The molecular weight excluding hydrogens is 542 g/mol. The molecule has 42 heavy (non-hydrogen) atoms. The zero-order valence-electron chi connectivity index (χ0n) is 24.1. The second-order valence-electron chi connectivity index (χ2n) is 9.71. The fourth-order valence-electron chi connectivity index (χ4n) is 4.71. The summed E-state index contributed by atoms with van der Waals surface area (Å²) in [5, 5.41) is 19.2. The Morgan fingerprint density at radius 2 is 1.64 bits per heavy atom. The molecule has 0 spiro atoms. The van der Waals surface area contributed by atoms with E-state index in [2.05, 4.69) is 81.2 Å². The Labute approximate surface area is 250 Å². The minimum absolute atomic E-state index is 0.214. The molecule has 0 saturated heterocycles. The van der Waals surface area contributed by atoms with Crippen LogP contribution in [0.15, 0.2) is 107 Å². The molecule has 0 radical (unpaired) electrons. The van der Waals surface area contributed by atoms with Crippen LogP contribution in [0.1, 0.15) is 32.2 Å². The van der Waals surface area contributed by atoms with Crippen LogP contribution in [-0.4, -0.2) is 45.2 Å². The molecule has 4 aromatic carbocycles. The summed E-state index contributed by atoms with van der Waals surface area (Å²) in [7, 11) is 0. The molecule has 5 rings (SSSR count). The van der Waals surface area contributed by atoms with E-state index in [0.717, 1.165) is 41.2 Å². The lowest BCUT2D eigenvalue weighted by Gasteiger charge is -2.20. The lowest BCUT2D eigenvalue weighted by Crippen LogP contribution is -2.27. The van der Waals surface area contributed by atoms with Crippen molar-refractivity contribution >= 4 is 46.0 Å². The van der Waals surface area contributed by atoms with Crippen molar-refractivity contribution in [3.63, 3.8) is 0 Å². The van der Waals surface area contributed by atoms with E-state index in [1.165, 1.54) is 22.8 Å². The molecule has 0 aliphatic heterocycles. The van der Waals surface area contributed by atoms with Crippen molar-refractivity contribution in [1.29, 1.82) is 0 Å². The fourth-order valence-corrected chi connectivity index (χ4v) is 5.59. The number of aromatic nitrogens is 3. The van der Waals surface area contributed by atoms with E-state index >= 15 is 0 Å². The number of fused-ring (bicyclic) bond motifs is 1. The smallest absolute Gasteiger partial charge is 0.253 e. The zero-order chi connectivity index (χ0) is 29.3. The lowest BCUT2D eigenvalue weighted by molar-refractivity contribution is -0.120. The van der Waals surface area contributed by atoms with Gasteiger partial charge in [0.1, 0.15) is 0 Å². The summed E-state index contributed by atoms with van der Waals surface area (Å²) in [6.45, 7) is 8.49. The summed E-state index contributed by atoms with van der Waals surface area (Å²) in [5.41, 5.74) is 6.71. The highest BCUT2D eigenvalue weighted by molar-refractivity contribution is 8.00. The Morgan fingerprint density at radius 3 is 2.40 bits per heavy atom. The molecule has 0 aliphatic rings. The van der Waals surface area contributed by atoms with Crippen LogP contribution in [0.3, 0.4) is 0 Å². The second-order valence-corrected chi connectivity index (χ2v) is 11.0. The third-order valence-electron chi connectivity index (χ3n) is 7.00. The number of amides is 1. The molecule has 5 aromatic rings. The molecule has 1 aromatic heterocycles. The van der Waals surface area contributed by atoms with E-state index in [4.69, 9.17) is 0 Å². The quantitative estimate of drug-likeness (QED) is 0.0999. The van der Waals surface area contributed by atoms with Gasteiger partial charge in [-0.2, -0.15) is 5.10 Å². The number of nitrogens with one attached hydrogen (secondary N) is 2. The Balaban J connectivity index is 1.27. The van der Waals surface area contributed by atoms with E-state index < -0.39 is 5.25 Å². The van der Waals surface area contributed by atoms with Gasteiger partial charge >= 0.3 is 0 Å². The first kappa shape index (κ1) is 28.9. The summed E-state index contributed by atoms with van der Waals surface area (Å²) in [4.78, 5) is 15.2. The predicted molar refractivity (Wildman–Crippen MR) is 174 cm³/mol. The van der Waals surface area contributed by atoms with Crippen molar-refractivity contribution in [3.8, 4) is 5.69 Å². The van der Waals surface area contributed by atoms with Crippen molar-refractivity contribution in [2.24, 2.45) is 5.10 Å². The van der Waals surface area contributed by atoms with Gasteiger partial charge in [0, 0.05) is 35.5 Å². The number of nitrogens with zero attached hydrogens (tertiary/aromatic N) is 5. The molecule has 214 valence electrons. The van der Waals surface area contributed by atoms with Crippen LogP contribution in [0.25, 0.3) is 16.5 Å². The van der Waals surface area contributed by atoms with Gasteiger partial charge in [-0.05, 0) is 62.1 Å². The highest BCUT2D eigenvalue weighted by Gasteiger charge is 2.21. The van der Waals surface area contributed by atoms with E-state index in [9.17, 15) is 4.79 Å². The van der Waals surface area contributed by atoms with Crippen molar-refractivity contribution in [1.82, 2.24) is 20.2 Å². The maximum Gasteiger partial charge on any atom is 0.253 e. The van der Waals surface area contributed by atoms with E-state index in [1.54, 1.807) is 6.21 Å². The van der Waals surface area contributed by atoms with Crippen molar-refractivity contribution < 1.29 is 4.79 Å². The van der Waals surface area contributed by atoms with Gasteiger partial charge in [-0.15, -0.1) is 10.2 Å². The molecule has 0 fully saturated rings. The summed E-state index contributed by atoms with van der Waals surface area (Å²) in [6.07, 6.45) is 1.66. The highest BCUT2D eigenvalue weighted by atomic mass is 32.2. The first-order chi connectivity index (χ1) is 20.6. The van der Waals surface area contributed by atoms with Crippen LogP contribution in [0.5, 0.6) is 0 Å². The third-order valence-corrected chi connectivity index (χ3v) is 8.05. The summed E-state index contributed by atoms with van der Waals surface area (Å²) < 4.78 is 1.99. The number of hydrogen-bond donors (Lipinski definition) is 2. The topological polar surface area (TPSA) is 87.4 Å². The number of rotatable bonds is 12. The molecule has 1 amide bonds. The van der Waals surface area contributed by atoms with Gasteiger partial charge in [-0.1, -0.05) is 78.5 Å². The van der Waals surface area contributed by atoms with Crippen LogP contribution >= 0.6 is 11.8 Å². The molecule has 8 nitrogen and oxygen atoms in total. The first-order valence-corrected chi connectivity index (χ1v) is 15.0. The van der Waals surface area contributed by atoms with Crippen LogP contribution in [0.4, 0.5) is 11.4 Å². The van der Waals surface area contributed by atoms with Crippen LogP contribution in [-0.2, 0) is 11.3 Å². The van der Waals surface area contributed by atoms with Gasteiger partial charge < -0.3 is 10.2 Å². The number of anilines is 2. The molecule has 0 saturated carbocycles. The molecule has 0 aliphatic carbocycles. The highest BCUT2D eigenvalue weighted by Crippen LogP contribution is 2.28. The van der Waals surface area contributed by atoms with Gasteiger partial charge in [-0.25, -0.2) is 5.43 Å². The van der Waals surface area contributed by atoms with Gasteiger partial charge in [0.25, 0.3) is 5.91 Å². The Morgan fingerprint density at radius 1 is 0.929 bits per heavy atom. The molecular formula is C33H35N7OS. The maximum absolute atomic E-state index is 12.9. The van der Waals surface area contributed by atoms with Crippen LogP contribution in [0.2, 0.25) is 0 Å². The zero-order valence-corrected chi connectivity index (χ0v) is 24.9. The average Bonchev–Trinajstić information content (AvgIpc) is 3.43. The number of carbonyl (C=O) groups excluding carboxylic acids is 1. The van der Waals surface area contributed by atoms with Gasteiger partial charge in [0.2, 0.25) is 0 Å². The van der Waals surface area contributed by atoms with Gasteiger partial charge in [0.05, 0.1) is 18.0 Å². The van der Waals surface area contributed by atoms with Crippen LogP contribution in [0, 0.1) is 0 Å². The monoisotopic (exact) mass is 577 g/mol. The maximum atomic E-state index is 12.9. The minimum Gasteiger partial charge on any atom is -0.377 e. The normalized spacial score (nSPS) is 12.0. The first-order valence-electron chi connectivity index (χ1n) is 14.1. The SMILES string of the molecule is CCN(CC)c1ccc(/C=N/NC(=O)C(C)Sc2nnc(CNc3cccc4ccccc34)n2-c2ccccc2)cc1. The Kier molecular flexibility index (Phi) is 9.51. The molecule has 1 heterocycles. The van der Waals surface area contributed by atoms with E-state index in [1.807, 2.05) is 72.2 Å². The van der Waals surface area contributed by atoms with E-state index in [-0.39, 0.29) is 5.91 Å². The van der Waals surface area contributed by atoms with Crippen molar-refractivity contribution in [2.45, 2.75) is 37.7 Å². The average molecular weight is 578 g/mol. The summed E-state index contributed by atoms with van der Waals surface area (Å²) >= 11 is 1.34. The number of hydrazone groups is 1. The van der Waals surface area contributed by atoms with Gasteiger partial charge in [0.15, 0.2) is 11.0 Å². The number of para-hydroxylation sites is 1. The molecule has 9 heteroatoms. The molecule has 1 atom stereocenters. The molecule has 2 N–H and O–H groups in total. The number of carbonyl (C=O) groups is 1. The fraction of sp³-hybridized carbons (Fsp3) is 0.212. The standard InChI is InChI=1S/C33H35N7OS/c1-4-39(5-2)27-20-18-25(19-21-27)22-35-37-32(41)24(3)42-33-38-36-31(40(33)28-14-7-6-8-15-28)23-34-30-17-11-13-26-12-9-10-16-29(26)30/h6-22,24,34H,4-5,23H2,1-3H3,(H,37,41)/b35-22+. The number of hydrogen-bond acceptors (Lipinski definition) is 7. The Hall–Kier alpha value is -4.63. The molecule has 1 unspecified atom stereocenters. The van der Waals surface area contributed by atoms with Crippen molar-refractivity contribution in [3.05, 3.63) is 108 Å². The summed E-state index contributed by atoms with van der Waals surface area (Å²) in [5.74, 6) is 0.532. The van der Waals surface area contributed by atoms with E-state index in [0.29, 0.717) is 11.7 Å². The predicted octanol–water partition coefficient (Wildman–Crippen LogP) is 6.51. The number of benzene rings is 4. The Bertz CT molecular complexity index is 1640. The van der Waals surface area contributed by atoms with Gasteiger partial charge in [-0.3, -0.25) is 9.36 Å². The van der Waals surface area contributed by atoms with Crippen LogP contribution < -0.4 is 15.6 Å². The largest absolute Gasteiger partial charge is 0.377 e. The van der Waals surface area contributed by atoms with Crippen molar-refractivity contribution in [2.75, 3.05) is 23.3 Å². The minimum atomic E-state index is -0.447.